The maximum absolute atomic E-state index is 15.1. The third kappa shape index (κ3) is 12.1. The van der Waals surface area contributed by atoms with Gasteiger partial charge in [0, 0.05) is 24.5 Å². The largest absolute Gasteiger partial charge is 0.497 e. The molecule has 0 aliphatic heterocycles. The highest BCUT2D eigenvalue weighted by Crippen LogP contribution is 2.49. The maximum atomic E-state index is 15.1. The van der Waals surface area contributed by atoms with Crippen LogP contribution in [0.5, 0.6) is 23.0 Å². The fourth-order valence-electron chi connectivity index (χ4n) is 9.00. The van der Waals surface area contributed by atoms with E-state index < -0.39 is 34.8 Å². The number of alkyl halides is 2. The molecular weight excluding hydrogens is 905 g/mol. The molecule has 0 unspecified atom stereocenters. The highest BCUT2D eigenvalue weighted by Gasteiger charge is 2.56. The van der Waals surface area contributed by atoms with Crippen LogP contribution in [-0.2, 0) is 41.1 Å². The summed E-state index contributed by atoms with van der Waals surface area (Å²) in [6.45, 7) is 0. The lowest BCUT2D eigenvalue weighted by Crippen LogP contribution is -2.41. The molecule has 0 spiro atoms. The molecule has 0 bridgehead atoms. The maximum Gasteiger partial charge on any atom is 0.465 e. The van der Waals surface area contributed by atoms with E-state index in [4.69, 9.17) is 18.4 Å². The first-order valence-electron chi connectivity index (χ1n) is 21.8. The van der Waals surface area contributed by atoms with E-state index >= 15 is 8.78 Å². The van der Waals surface area contributed by atoms with Crippen molar-refractivity contribution in [2.24, 2.45) is 0 Å². The van der Waals surface area contributed by atoms with Gasteiger partial charge < -0.3 is 22.5 Å². The van der Waals surface area contributed by atoms with Gasteiger partial charge in [0.05, 0.1) is 42.2 Å². The lowest BCUT2D eigenvalue weighted by Gasteiger charge is -2.32. The predicted octanol–water partition coefficient (Wildman–Crippen LogP) is 11.6. The predicted molar refractivity (Wildman–Crippen MR) is 247 cm³/mol. The molecule has 3 saturated carbocycles. The summed E-state index contributed by atoms with van der Waals surface area (Å²) >= 11 is 0. The van der Waals surface area contributed by atoms with Gasteiger partial charge in [-0.3, -0.25) is 0 Å². The van der Waals surface area contributed by atoms with E-state index in [2.05, 4.69) is 40.5 Å². The summed E-state index contributed by atoms with van der Waals surface area (Å²) in [6, 6.07) is 28.4. The van der Waals surface area contributed by atoms with Gasteiger partial charge in [-0.2, -0.15) is 17.2 Å². The molecule has 3 aliphatic rings. The highest BCUT2D eigenvalue weighted by molar-refractivity contribution is 8.18. The van der Waals surface area contributed by atoms with Crippen molar-refractivity contribution in [1.82, 2.24) is 0 Å². The summed E-state index contributed by atoms with van der Waals surface area (Å²) < 4.78 is 121. The van der Waals surface area contributed by atoms with E-state index in [-0.39, 0.29) is 34.4 Å². The summed E-state index contributed by atoms with van der Waals surface area (Å²) in [4.78, 5) is 3.54. The van der Waals surface area contributed by atoms with Gasteiger partial charge in [0.2, 0.25) is 0 Å². The summed E-state index contributed by atoms with van der Waals surface area (Å²) in [5.74, 6) is 2.40. The Balaban J connectivity index is 0.000000234. The van der Waals surface area contributed by atoms with Crippen LogP contribution >= 0.6 is 0 Å². The molecule has 350 valence electrons. The second-order valence-corrected chi connectivity index (χ2v) is 24.1. The quantitative estimate of drug-likeness (QED) is 0.0831. The number of hydrogen-bond donors (Lipinski definition) is 0. The second-order valence-electron chi connectivity index (χ2n) is 16.7. The van der Waals surface area contributed by atoms with Crippen LogP contribution in [0.25, 0.3) is 4.13 Å². The van der Waals surface area contributed by atoms with Gasteiger partial charge in [-0.1, -0.05) is 88.1 Å². The number of sulfonamides is 2. The zero-order chi connectivity index (χ0) is 46.1. The van der Waals surface area contributed by atoms with Crippen LogP contribution in [0.4, 0.5) is 8.78 Å². The molecule has 0 heterocycles. The molecule has 0 atom stereocenters. The molecule has 11 nitrogen and oxygen atoms in total. The SMILES string of the molecule is COc1cccc([S+](c2cccc(OC)c2)c2cccc(OC)c2)c1.CS(=O)(=O)[N-]S(=O)(=O)C(F)(F)S(=O)(=O)Oc1c(C2CCCCC2)cc(C2CCCCC2)cc1C1CCCCC1. The Morgan fingerprint density at radius 3 is 1.25 bits per heavy atom. The third-order valence-corrected chi connectivity index (χ3v) is 19.0. The Bertz CT molecular complexity index is 2390. The first kappa shape index (κ1) is 49.5. The Hall–Kier alpha value is -3.90. The van der Waals surface area contributed by atoms with Crippen LogP contribution < -0.4 is 18.4 Å². The third-order valence-electron chi connectivity index (χ3n) is 12.2. The van der Waals surface area contributed by atoms with Crippen molar-refractivity contribution in [1.29, 1.82) is 0 Å². The van der Waals surface area contributed by atoms with Crippen molar-refractivity contribution in [2.75, 3.05) is 27.6 Å². The van der Waals surface area contributed by atoms with Gasteiger partial charge in [0.1, 0.15) is 23.0 Å². The molecule has 0 amide bonds. The first-order valence-corrected chi connectivity index (χ1v) is 27.7. The normalized spacial score (nSPS) is 17.3. The van der Waals surface area contributed by atoms with Crippen LogP contribution in [0.3, 0.4) is 0 Å². The van der Waals surface area contributed by atoms with Gasteiger partial charge in [-0.25, -0.2) is 16.8 Å². The van der Waals surface area contributed by atoms with Crippen molar-refractivity contribution in [3.63, 3.8) is 0 Å². The summed E-state index contributed by atoms with van der Waals surface area (Å²) in [7, 11) is -12.5. The van der Waals surface area contributed by atoms with Crippen LogP contribution in [0, 0.1) is 0 Å². The molecule has 64 heavy (non-hydrogen) atoms. The minimum Gasteiger partial charge on any atom is -0.497 e. The smallest absolute Gasteiger partial charge is 0.465 e. The van der Waals surface area contributed by atoms with Gasteiger partial charge >= 0.3 is 14.7 Å². The molecule has 3 fully saturated rings. The Morgan fingerprint density at radius 2 is 0.906 bits per heavy atom. The molecule has 4 aromatic rings. The zero-order valence-electron chi connectivity index (χ0n) is 36.8. The number of rotatable bonds is 15. The molecule has 3 aliphatic carbocycles. The summed E-state index contributed by atoms with van der Waals surface area (Å²) in [6.07, 6.45) is 14.2. The minimum atomic E-state index is -6.31. The molecule has 0 saturated heterocycles. The molecule has 4 aromatic carbocycles. The summed E-state index contributed by atoms with van der Waals surface area (Å²) in [5, 5.41) is 0. The van der Waals surface area contributed by atoms with E-state index in [0.717, 1.165) is 119 Å². The van der Waals surface area contributed by atoms with Crippen LogP contribution in [0.2, 0.25) is 0 Å². The van der Waals surface area contributed by atoms with Crippen LogP contribution in [0.15, 0.2) is 99.6 Å². The van der Waals surface area contributed by atoms with E-state index in [9.17, 15) is 25.3 Å². The Kier molecular flexibility index (Phi) is 16.7. The second kappa shape index (κ2) is 21.6. The van der Waals surface area contributed by atoms with Gasteiger partial charge in [0.15, 0.2) is 24.7 Å². The monoisotopic (exact) mass is 963 g/mol. The molecule has 0 N–H and O–H groups in total. The lowest BCUT2D eigenvalue weighted by atomic mass is 9.75. The number of benzene rings is 4. The van der Waals surface area contributed by atoms with Gasteiger partial charge in [-0.05, 0) is 109 Å². The van der Waals surface area contributed by atoms with Crippen molar-refractivity contribution >= 4 is 41.1 Å². The van der Waals surface area contributed by atoms with Crippen molar-refractivity contribution < 1.29 is 52.4 Å². The Morgan fingerprint density at radius 1 is 0.547 bits per heavy atom. The van der Waals surface area contributed by atoms with Crippen molar-refractivity contribution in [3.05, 3.63) is 106 Å². The van der Waals surface area contributed by atoms with Crippen molar-refractivity contribution in [2.45, 2.75) is 133 Å². The van der Waals surface area contributed by atoms with Crippen LogP contribution in [0.1, 0.15) is 131 Å². The highest BCUT2D eigenvalue weighted by atomic mass is 32.3. The standard InChI is InChI=1S/C26H38F2NO7S3.C21H21O3S/c1-37(30,31)29-38(32,33)26(27,28)39(34,35)36-25-23(20-13-7-3-8-14-20)17-22(19-11-5-2-6-12-19)18-24(25)21-15-9-4-10-16-21;1-22-16-7-4-10-19(13-16)25(20-11-5-8-17(14-20)23-2)21-12-6-9-18(15-21)24-3/h17-21H,2-16H2,1H3;4-15H,1-3H3/q-1;+1. The van der Waals surface area contributed by atoms with E-state index in [1.54, 1.807) is 21.3 Å². The van der Waals surface area contributed by atoms with Crippen LogP contribution in [-0.4, -0.2) is 57.4 Å². The summed E-state index contributed by atoms with van der Waals surface area (Å²) in [5.41, 5.74) is 2.14. The molecule has 0 radical (unpaired) electrons. The first-order chi connectivity index (χ1) is 30.5. The van der Waals surface area contributed by atoms with Gasteiger partial charge in [-0.15, -0.1) is 0 Å². The van der Waals surface area contributed by atoms with E-state index in [1.807, 2.05) is 48.5 Å². The molecule has 7 rings (SSSR count). The molecular formula is C47H59F2NO10S4. The average Bonchev–Trinajstić information content (AvgIpc) is 3.29. The topological polar surface area (TPSA) is 153 Å². The molecule has 0 aromatic heterocycles. The number of halogens is 2. The average molecular weight is 964 g/mol. The minimum absolute atomic E-state index is 0.110. The molecule has 17 heteroatoms. The number of nitrogens with zero attached hydrogens (tertiary/aromatic N) is 1. The Labute approximate surface area is 381 Å². The fraction of sp³-hybridized carbons (Fsp3) is 0.489. The van der Waals surface area contributed by atoms with E-state index in [1.165, 1.54) is 14.7 Å². The van der Waals surface area contributed by atoms with E-state index in [0.29, 0.717) is 17.4 Å². The lowest BCUT2D eigenvalue weighted by molar-refractivity contribution is 0.169. The number of ether oxygens (including phenoxy) is 3. The number of hydrogen-bond acceptors (Lipinski definition) is 10. The van der Waals surface area contributed by atoms with Gasteiger partial charge in [0.25, 0.3) is 0 Å². The van der Waals surface area contributed by atoms with Crippen molar-refractivity contribution in [3.8, 4) is 23.0 Å². The number of methoxy groups -OCH3 is 3. The zero-order valence-corrected chi connectivity index (χ0v) is 40.1. The fourth-order valence-corrected chi connectivity index (χ4v) is 14.9.